The van der Waals surface area contributed by atoms with Crippen LogP contribution in [0.5, 0.6) is 0 Å². The summed E-state index contributed by atoms with van der Waals surface area (Å²) >= 11 is 6.02. The molecule has 3 rings (SSSR count). The maximum Gasteiger partial charge on any atom is 0.365 e. The van der Waals surface area contributed by atoms with E-state index in [1.165, 1.54) is 0 Å². The molecule has 0 radical (unpaired) electrons. The van der Waals surface area contributed by atoms with Gasteiger partial charge in [-0.25, -0.2) is 0 Å². The van der Waals surface area contributed by atoms with Crippen molar-refractivity contribution in [2.75, 3.05) is 4.90 Å². The SMILES string of the molecule is [N-]=[N+]=C1C(=O)N(c2ccccc2)C2=CC(Cl)=CCC21. The molecule has 1 saturated heterocycles. The van der Waals surface area contributed by atoms with Gasteiger partial charge in [-0.15, -0.1) is 0 Å². The van der Waals surface area contributed by atoms with Crippen molar-refractivity contribution in [2.45, 2.75) is 6.42 Å². The fourth-order valence-electron chi connectivity index (χ4n) is 2.46. The highest BCUT2D eigenvalue weighted by molar-refractivity contribution is 6.47. The Morgan fingerprint density at radius 3 is 2.74 bits per heavy atom. The Hall–Kier alpha value is -2.16. The van der Waals surface area contributed by atoms with Crippen molar-refractivity contribution in [3.8, 4) is 0 Å². The molecule has 1 aliphatic heterocycles. The van der Waals surface area contributed by atoms with E-state index in [-0.39, 0.29) is 17.5 Å². The number of rotatable bonds is 1. The number of allylic oxidation sites excluding steroid dienone is 4. The Kier molecular flexibility index (Phi) is 2.82. The lowest BCUT2D eigenvalue weighted by Crippen LogP contribution is -2.26. The Balaban J connectivity index is 2.15. The van der Waals surface area contributed by atoms with Crippen molar-refractivity contribution in [3.63, 3.8) is 0 Å². The summed E-state index contributed by atoms with van der Waals surface area (Å²) in [5.41, 5.74) is 10.7. The van der Waals surface area contributed by atoms with Gasteiger partial charge in [-0.2, -0.15) is 4.79 Å². The molecule has 1 amide bonds. The lowest BCUT2D eigenvalue weighted by molar-refractivity contribution is -0.115. The fraction of sp³-hybridized carbons (Fsp3) is 0.143. The maximum absolute atomic E-state index is 12.3. The molecule has 1 aromatic carbocycles. The van der Waals surface area contributed by atoms with Crippen molar-refractivity contribution >= 4 is 28.9 Å². The molecule has 5 heteroatoms. The molecule has 4 nitrogen and oxygen atoms in total. The first kappa shape index (κ1) is 11.9. The first-order chi connectivity index (χ1) is 9.22. The molecule has 94 valence electrons. The number of carbonyl (C=O) groups excluding carboxylic acids is 1. The number of hydrogen-bond acceptors (Lipinski definition) is 1. The number of amides is 1. The van der Waals surface area contributed by atoms with Gasteiger partial charge in [-0.05, 0) is 24.6 Å². The van der Waals surface area contributed by atoms with Crippen LogP contribution in [0.15, 0.2) is 53.2 Å². The molecule has 2 aliphatic rings. The van der Waals surface area contributed by atoms with Crippen molar-refractivity contribution in [2.24, 2.45) is 5.92 Å². The summed E-state index contributed by atoms with van der Waals surface area (Å²) in [6.45, 7) is 0. The smallest absolute Gasteiger partial charge is 0.361 e. The van der Waals surface area contributed by atoms with Gasteiger partial charge in [0.25, 0.3) is 0 Å². The van der Waals surface area contributed by atoms with Crippen molar-refractivity contribution in [1.29, 1.82) is 0 Å². The van der Waals surface area contributed by atoms with Crippen LogP contribution in [0.4, 0.5) is 5.69 Å². The van der Waals surface area contributed by atoms with Crippen LogP contribution in [0.1, 0.15) is 6.42 Å². The largest absolute Gasteiger partial charge is 0.365 e. The highest BCUT2D eigenvalue weighted by Gasteiger charge is 2.48. The summed E-state index contributed by atoms with van der Waals surface area (Å²) < 4.78 is 0. The van der Waals surface area contributed by atoms with Gasteiger partial charge in [-0.3, -0.25) is 9.69 Å². The fourth-order valence-corrected chi connectivity index (χ4v) is 2.66. The van der Waals surface area contributed by atoms with Gasteiger partial charge in [0, 0.05) is 16.4 Å². The predicted molar refractivity (Wildman–Crippen MR) is 72.7 cm³/mol. The second-order valence-electron chi connectivity index (χ2n) is 4.41. The first-order valence-electron chi connectivity index (χ1n) is 5.91. The molecule has 1 atom stereocenters. The summed E-state index contributed by atoms with van der Waals surface area (Å²) in [6, 6.07) is 9.26. The number of hydrogen-bond donors (Lipinski definition) is 0. The van der Waals surface area contributed by atoms with Crippen LogP contribution in [0.2, 0.25) is 0 Å². The second kappa shape index (κ2) is 4.50. The van der Waals surface area contributed by atoms with Crippen molar-refractivity contribution < 1.29 is 9.58 Å². The van der Waals surface area contributed by atoms with Crippen LogP contribution in [0.25, 0.3) is 5.53 Å². The molecule has 1 aliphatic carbocycles. The number of para-hydroxylation sites is 1. The molecule has 0 bridgehead atoms. The molecule has 0 saturated carbocycles. The van der Waals surface area contributed by atoms with E-state index >= 15 is 0 Å². The number of halogens is 1. The standard InChI is InChI=1S/C14H10ClN3O/c15-9-6-7-11-12(8-9)18(14(19)13(11)17-16)10-4-2-1-3-5-10/h1-6,8,11H,7H2. The Bertz CT molecular complexity index is 657. The first-order valence-corrected chi connectivity index (χ1v) is 6.29. The third-order valence-electron chi connectivity index (χ3n) is 3.32. The highest BCUT2D eigenvalue weighted by Crippen LogP contribution is 2.37. The van der Waals surface area contributed by atoms with Crippen LogP contribution in [-0.2, 0) is 4.79 Å². The number of anilines is 1. The summed E-state index contributed by atoms with van der Waals surface area (Å²) in [7, 11) is 0. The van der Waals surface area contributed by atoms with Gasteiger partial charge in [0.15, 0.2) is 0 Å². The minimum absolute atomic E-state index is 0.163. The topological polar surface area (TPSA) is 56.7 Å². The highest BCUT2D eigenvalue weighted by atomic mass is 35.5. The number of fused-ring (bicyclic) bond motifs is 1. The lowest BCUT2D eigenvalue weighted by Gasteiger charge is -2.20. The molecule has 1 unspecified atom stereocenters. The third-order valence-corrected chi connectivity index (χ3v) is 3.59. The van der Waals surface area contributed by atoms with E-state index < -0.39 is 0 Å². The van der Waals surface area contributed by atoms with E-state index in [1.807, 2.05) is 36.4 Å². The van der Waals surface area contributed by atoms with Crippen LogP contribution in [-0.4, -0.2) is 16.4 Å². The predicted octanol–water partition coefficient (Wildman–Crippen LogP) is 2.73. The average molecular weight is 272 g/mol. The second-order valence-corrected chi connectivity index (χ2v) is 4.84. The maximum atomic E-state index is 12.3. The van der Waals surface area contributed by atoms with Gasteiger partial charge >= 0.3 is 11.6 Å². The van der Waals surface area contributed by atoms with Crippen molar-refractivity contribution in [1.82, 2.24) is 0 Å². The van der Waals surface area contributed by atoms with E-state index in [1.54, 1.807) is 11.0 Å². The minimum atomic E-state index is -0.301. The Morgan fingerprint density at radius 1 is 1.32 bits per heavy atom. The quantitative estimate of drug-likeness (QED) is 0.572. The molecule has 19 heavy (non-hydrogen) atoms. The number of carbonyl (C=O) groups is 1. The lowest BCUT2D eigenvalue weighted by atomic mass is 9.95. The molecule has 1 aromatic rings. The monoisotopic (exact) mass is 271 g/mol. The molecule has 0 aromatic heterocycles. The molecule has 1 heterocycles. The van der Waals surface area contributed by atoms with Crippen molar-refractivity contribution in [3.05, 3.63) is 58.7 Å². The normalized spacial score (nSPS) is 21.7. The minimum Gasteiger partial charge on any atom is -0.361 e. The van der Waals surface area contributed by atoms with E-state index in [9.17, 15) is 4.79 Å². The van der Waals surface area contributed by atoms with Gasteiger partial charge in [-0.1, -0.05) is 35.9 Å². The molecule has 1 fully saturated rings. The number of nitrogens with zero attached hydrogens (tertiary/aromatic N) is 3. The van der Waals surface area contributed by atoms with Gasteiger partial charge in [0.2, 0.25) is 0 Å². The number of benzene rings is 1. The average Bonchev–Trinajstić information content (AvgIpc) is 2.70. The summed E-state index contributed by atoms with van der Waals surface area (Å²) in [6.07, 6.45) is 4.14. The molecule has 0 N–H and O–H groups in total. The van der Waals surface area contributed by atoms with E-state index in [0.717, 1.165) is 11.4 Å². The Morgan fingerprint density at radius 2 is 2.05 bits per heavy atom. The molecular formula is C14H10ClN3O. The zero-order chi connectivity index (χ0) is 13.4. The molecular weight excluding hydrogens is 262 g/mol. The van der Waals surface area contributed by atoms with E-state index in [0.29, 0.717) is 11.5 Å². The third kappa shape index (κ3) is 1.82. The van der Waals surface area contributed by atoms with Crippen LogP contribution in [0.3, 0.4) is 0 Å². The zero-order valence-corrected chi connectivity index (χ0v) is 10.7. The van der Waals surface area contributed by atoms with Gasteiger partial charge < -0.3 is 5.53 Å². The van der Waals surface area contributed by atoms with Gasteiger partial charge in [0.1, 0.15) is 5.92 Å². The van der Waals surface area contributed by atoms with Gasteiger partial charge in [0.05, 0.1) is 0 Å². The van der Waals surface area contributed by atoms with Crippen LogP contribution < -0.4 is 4.90 Å². The summed E-state index contributed by atoms with van der Waals surface area (Å²) in [5.74, 6) is -0.523. The summed E-state index contributed by atoms with van der Waals surface area (Å²) in [4.78, 5) is 17.1. The van der Waals surface area contributed by atoms with Crippen LogP contribution in [0, 0.1) is 5.92 Å². The summed E-state index contributed by atoms with van der Waals surface area (Å²) in [5, 5.41) is 0.596. The zero-order valence-electron chi connectivity index (χ0n) is 9.95. The van der Waals surface area contributed by atoms with E-state index in [2.05, 4.69) is 4.79 Å². The molecule has 0 spiro atoms. The van der Waals surface area contributed by atoms with E-state index in [4.69, 9.17) is 17.1 Å². The van der Waals surface area contributed by atoms with Crippen LogP contribution >= 0.6 is 11.6 Å². The Labute approximate surface area is 115 Å².